The lowest BCUT2D eigenvalue weighted by molar-refractivity contribution is -0.137. The number of hydrazine groups is 1. The van der Waals surface area contributed by atoms with Gasteiger partial charge in [0.2, 0.25) is 27.6 Å². The van der Waals surface area contributed by atoms with E-state index in [0.717, 1.165) is 0 Å². The van der Waals surface area contributed by atoms with Gasteiger partial charge < -0.3 is 15.6 Å². The van der Waals surface area contributed by atoms with E-state index in [2.05, 4.69) is 25.4 Å². The number of carbonyl (C=O) groups is 3. The van der Waals surface area contributed by atoms with Crippen molar-refractivity contribution in [3.63, 3.8) is 0 Å². The normalized spacial score (nSPS) is 17.2. The number of nitrogens with two attached hydrogens (primary N) is 1. The van der Waals surface area contributed by atoms with E-state index in [1.54, 1.807) is 35.7 Å². The molecule has 1 aromatic carbocycles. The predicted molar refractivity (Wildman–Crippen MR) is 145 cm³/mol. The second-order valence-corrected chi connectivity index (χ2v) is 11.5. The molecule has 206 valence electrons. The first-order chi connectivity index (χ1) is 18.3. The average Bonchev–Trinajstić information content (AvgIpc) is 3.38. The lowest BCUT2D eigenvalue weighted by Gasteiger charge is -2.25. The van der Waals surface area contributed by atoms with Gasteiger partial charge in [0.25, 0.3) is 0 Å². The zero-order valence-corrected chi connectivity index (χ0v) is 22.5. The number of rotatable bonds is 14. The molecule has 1 aliphatic heterocycles. The summed E-state index contributed by atoms with van der Waals surface area (Å²) in [6.07, 6.45) is 5.29. The highest BCUT2D eigenvalue weighted by Crippen LogP contribution is 2.15. The predicted octanol–water partition coefficient (Wildman–Crippen LogP) is 0.583. The van der Waals surface area contributed by atoms with Gasteiger partial charge in [-0.25, -0.2) is 24.0 Å². The number of hydrogen-bond donors (Lipinski definition) is 4. The molecule has 2 unspecified atom stereocenters. The summed E-state index contributed by atoms with van der Waals surface area (Å²) in [6, 6.07) is 6.91. The minimum Gasteiger partial charge on any atom is -0.344 e. The number of Topliss-reactive ketones (excluding diaryl/α,β-unsaturated/α-hetero) is 1. The Morgan fingerprint density at radius 3 is 2.76 bits per heavy atom. The van der Waals surface area contributed by atoms with E-state index in [0.29, 0.717) is 50.8 Å². The van der Waals surface area contributed by atoms with E-state index in [4.69, 9.17) is 5.84 Å². The molecule has 0 spiro atoms. The smallest absolute Gasteiger partial charge is 0.241 e. The third-order valence-electron chi connectivity index (χ3n) is 5.88. The van der Waals surface area contributed by atoms with Gasteiger partial charge in [-0.15, -0.1) is 11.3 Å². The van der Waals surface area contributed by atoms with E-state index < -0.39 is 33.9 Å². The quantitative estimate of drug-likeness (QED) is 0.0644. The first-order valence-electron chi connectivity index (χ1n) is 12.3. The molecule has 38 heavy (non-hydrogen) atoms. The minimum atomic E-state index is -3.78. The Hall–Kier alpha value is -3.20. The number of nitrogens with zero attached hydrogens (tertiary/aromatic N) is 3. The van der Waals surface area contributed by atoms with E-state index in [9.17, 15) is 22.8 Å². The standard InChI is InChI=1S/C24H33N7O5S2/c25-28-17-26-11-6-10-19(22(33)23-27-12-14-37-23)29-21(32)15-31-13-5-4-9-20(24(31)34)30-38(35,36)16-18-7-2-1-3-8-18/h1-3,7-8,12,14,17,19-20,30H,4-6,9-11,13,15-16,25H2,(H,26,28)(H,29,32). The van der Waals surface area contributed by atoms with E-state index >= 15 is 0 Å². The van der Waals surface area contributed by atoms with Crippen LogP contribution in [-0.2, 0) is 25.4 Å². The molecule has 2 heterocycles. The molecule has 1 fully saturated rings. The maximum Gasteiger partial charge on any atom is 0.241 e. The molecule has 2 aromatic rings. The van der Waals surface area contributed by atoms with Crippen molar-refractivity contribution in [2.45, 2.75) is 49.9 Å². The first kappa shape index (κ1) is 29.4. The molecule has 0 bridgehead atoms. The van der Waals surface area contributed by atoms with Gasteiger partial charge in [-0.3, -0.25) is 19.4 Å². The van der Waals surface area contributed by atoms with Gasteiger partial charge in [-0.2, -0.15) is 0 Å². The summed E-state index contributed by atoms with van der Waals surface area (Å²) in [5.41, 5.74) is 2.91. The van der Waals surface area contributed by atoms with Crippen LogP contribution in [-0.4, -0.2) is 74.0 Å². The summed E-state index contributed by atoms with van der Waals surface area (Å²) in [6.45, 7) is 0.429. The van der Waals surface area contributed by atoms with E-state index in [1.165, 1.54) is 28.8 Å². The fraction of sp³-hybridized carbons (Fsp3) is 0.458. The molecule has 0 saturated carbocycles. The third-order valence-corrected chi connectivity index (χ3v) is 8.02. The number of aliphatic imine (C=N–C) groups is 1. The molecule has 5 N–H and O–H groups in total. The van der Waals surface area contributed by atoms with Crippen LogP contribution < -0.4 is 21.3 Å². The van der Waals surface area contributed by atoms with Gasteiger partial charge in [-0.1, -0.05) is 30.3 Å². The van der Waals surface area contributed by atoms with Crippen molar-refractivity contribution in [1.82, 2.24) is 25.3 Å². The average molecular weight is 564 g/mol. The molecule has 2 atom stereocenters. The molecule has 1 saturated heterocycles. The number of benzene rings is 1. The van der Waals surface area contributed by atoms with Crippen LogP contribution >= 0.6 is 11.3 Å². The highest BCUT2D eigenvalue weighted by molar-refractivity contribution is 7.88. The van der Waals surface area contributed by atoms with Crippen molar-refractivity contribution in [2.75, 3.05) is 19.6 Å². The lowest BCUT2D eigenvalue weighted by atomic mass is 10.1. The fourth-order valence-corrected chi connectivity index (χ4v) is 6.10. The van der Waals surface area contributed by atoms with Gasteiger partial charge in [0.1, 0.15) is 6.04 Å². The largest absolute Gasteiger partial charge is 0.344 e. The van der Waals surface area contributed by atoms with Crippen LogP contribution in [0.3, 0.4) is 0 Å². The fourth-order valence-electron chi connectivity index (χ4n) is 4.10. The number of likely N-dealkylation sites (tertiary alicyclic amines) is 1. The Morgan fingerprint density at radius 1 is 1.26 bits per heavy atom. The van der Waals surface area contributed by atoms with E-state index in [1.807, 2.05) is 0 Å². The number of ketones is 1. The molecular formula is C24H33N7O5S2. The molecule has 1 aromatic heterocycles. The SMILES string of the molecule is NNC=NCCCC(NC(=O)CN1CCCCC(NS(=O)(=O)Cc2ccccc2)C1=O)C(=O)c1nccs1. The molecule has 2 amide bonds. The summed E-state index contributed by atoms with van der Waals surface area (Å²) < 4.78 is 28.0. The Bertz CT molecular complexity index is 1190. The van der Waals surface area contributed by atoms with Crippen molar-refractivity contribution in [2.24, 2.45) is 10.8 Å². The van der Waals surface area contributed by atoms with Gasteiger partial charge >= 0.3 is 0 Å². The van der Waals surface area contributed by atoms with Gasteiger partial charge in [0.15, 0.2) is 5.01 Å². The molecule has 3 rings (SSSR count). The molecule has 12 nitrogen and oxygen atoms in total. The number of aromatic nitrogens is 1. The van der Waals surface area contributed by atoms with Crippen molar-refractivity contribution in [3.05, 3.63) is 52.5 Å². The van der Waals surface area contributed by atoms with Crippen molar-refractivity contribution in [1.29, 1.82) is 0 Å². The summed E-state index contributed by atoms with van der Waals surface area (Å²) >= 11 is 1.18. The topological polar surface area (TPSA) is 176 Å². The Labute approximate surface area is 226 Å². The van der Waals surface area contributed by atoms with Crippen LogP contribution in [0.2, 0.25) is 0 Å². The molecule has 14 heteroatoms. The zero-order chi connectivity index (χ0) is 27.4. The highest BCUT2D eigenvalue weighted by Gasteiger charge is 2.32. The van der Waals surface area contributed by atoms with Gasteiger partial charge in [0, 0.05) is 24.7 Å². The van der Waals surface area contributed by atoms with E-state index in [-0.39, 0.29) is 23.1 Å². The van der Waals surface area contributed by atoms with Gasteiger partial charge in [0.05, 0.1) is 24.7 Å². The summed E-state index contributed by atoms with van der Waals surface area (Å²) in [4.78, 5) is 48.5. The second-order valence-electron chi connectivity index (χ2n) is 8.84. The summed E-state index contributed by atoms with van der Waals surface area (Å²) in [7, 11) is -3.78. The van der Waals surface area contributed by atoms with Crippen LogP contribution in [0.25, 0.3) is 0 Å². The summed E-state index contributed by atoms with van der Waals surface area (Å²) in [5.74, 6) is 3.62. The van der Waals surface area contributed by atoms with Crippen molar-refractivity contribution < 1.29 is 22.8 Å². The molecular weight excluding hydrogens is 530 g/mol. The minimum absolute atomic E-state index is 0.246. The van der Waals surface area contributed by atoms with Crippen LogP contribution in [0.4, 0.5) is 0 Å². The summed E-state index contributed by atoms with van der Waals surface area (Å²) in [5, 5.41) is 4.69. The van der Waals surface area contributed by atoms with Crippen molar-refractivity contribution in [3.8, 4) is 0 Å². The number of carbonyl (C=O) groups excluding carboxylic acids is 3. The molecule has 1 aliphatic rings. The first-order valence-corrected chi connectivity index (χ1v) is 14.8. The highest BCUT2D eigenvalue weighted by atomic mass is 32.2. The van der Waals surface area contributed by atoms with Crippen molar-refractivity contribution >= 4 is 45.3 Å². The van der Waals surface area contributed by atoms with Crippen LogP contribution in [0, 0.1) is 0 Å². The Morgan fingerprint density at radius 2 is 2.05 bits per heavy atom. The number of amides is 2. The third kappa shape index (κ3) is 9.28. The monoisotopic (exact) mass is 563 g/mol. The molecule has 0 radical (unpaired) electrons. The maximum atomic E-state index is 13.2. The Kier molecular flexibility index (Phi) is 11.3. The number of nitrogens with one attached hydrogen (secondary N) is 3. The number of sulfonamides is 1. The maximum absolute atomic E-state index is 13.2. The number of hydrogen-bond acceptors (Lipinski definition) is 9. The Balaban J connectivity index is 1.62. The van der Waals surface area contributed by atoms with Gasteiger partial charge in [-0.05, 0) is 37.7 Å². The van der Waals surface area contributed by atoms with Crippen LogP contribution in [0.15, 0.2) is 46.9 Å². The van der Waals surface area contributed by atoms with Crippen LogP contribution in [0.1, 0.15) is 47.5 Å². The zero-order valence-electron chi connectivity index (χ0n) is 20.9. The van der Waals surface area contributed by atoms with Crippen LogP contribution in [0.5, 0.6) is 0 Å². The lowest BCUT2D eigenvalue weighted by Crippen LogP contribution is -2.51. The second kappa shape index (κ2) is 14.7. The number of thiazole rings is 1. The molecule has 0 aliphatic carbocycles.